The highest BCUT2D eigenvalue weighted by molar-refractivity contribution is 8.00. The van der Waals surface area contributed by atoms with E-state index >= 15 is 0 Å². The van der Waals surface area contributed by atoms with E-state index in [1.54, 1.807) is 43.3 Å². The molecule has 11 heteroatoms. The van der Waals surface area contributed by atoms with Crippen LogP contribution in [0, 0.1) is 0 Å². The minimum atomic E-state index is -3.88. The molecule has 194 valence electrons. The molecule has 2 aromatic carbocycles. The van der Waals surface area contributed by atoms with Gasteiger partial charge in [0.2, 0.25) is 11.8 Å². The monoisotopic (exact) mass is 533 g/mol. The number of carbonyl (C=O) groups excluding carboxylic acids is 3. The molecule has 1 aliphatic heterocycles. The Morgan fingerprint density at radius 1 is 1.08 bits per heavy atom. The van der Waals surface area contributed by atoms with Gasteiger partial charge in [-0.2, -0.15) is 0 Å². The topological polar surface area (TPSA) is 131 Å². The second-order valence-corrected chi connectivity index (χ2v) is 12.5. The van der Waals surface area contributed by atoms with Crippen molar-refractivity contribution in [2.45, 2.75) is 48.8 Å². The summed E-state index contributed by atoms with van der Waals surface area (Å²) in [6.45, 7) is 8.04. The quantitative estimate of drug-likeness (QED) is 0.442. The molecule has 2 atom stereocenters. The third-order valence-electron chi connectivity index (χ3n) is 5.54. The van der Waals surface area contributed by atoms with Crippen molar-refractivity contribution < 1.29 is 27.5 Å². The minimum Gasteiger partial charge on any atom is -0.462 e. The largest absolute Gasteiger partial charge is 0.462 e. The molecule has 0 saturated carbocycles. The van der Waals surface area contributed by atoms with Gasteiger partial charge in [-0.3, -0.25) is 14.9 Å². The number of nitrogens with one attached hydrogen (secondary N) is 3. The Kier molecular flexibility index (Phi) is 8.80. The number of amides is 2. The molecule has 3 N–H and O–H groups in total. The van der Waals surface area contributed by atoms with Crippen LogP contribution in [0.25, 0.3) is 0 Å². The maximum Gasteiger partial charge on any atom is 0.338 e. The molecule has 0 bridgehead atoms. The van der Waals surface area contributed by atoms with E-state index < -0.39 is 32.5 Å². The lowest BCUT2D eigenvalue weighted by molar-refractivity contribution is -0.122. The van der Waals surface area contributed by atoms with Gasteiger partial charge in [0.1, 0.15) is 5.50 Å². The number of benzene rings is 2. The summed E-state index contributed by atoms with van der Waals surface area (Å²) in [7, 11) is -3.88. The number of esters is 1. The van der Waals surface area contributed by atoms with Gasteiger partial charge in [-0.25, -0.2) is 13.2 Å². The number of hydrogen-bond acceptors (Lipinski definition) is 8. The van der Waals surface area contributed by atoms with Gasteiger partial charge in [0.05, 0.1) is 22.8 Å². The highest BCUT2D eigenvalue weighted by Gasteiger charge is 2.38. The van der Waals surface area contributed by atoms with Gasteiger partial charge in [0.25, 0.3) is 0 Å². The fourth-order valence-corrected chi connectivity index (χ4v) is 5.81. The molecule has 1 aliphatic rings. The molecule has 9 nitrogen and oxygen atoms in total. The van der Waals surface area contributed by atoms with Crippen LogP contribution in [0.15, 0.2) is 53.4 Å². The van der Waals surface area contributed by atoms with Crippen molar-refractivity contribution in [3.8, 4) is 0 Å². The van der Waals surface area contributed by atoms with Gasteiger partial charge in [-0.15, -0.1) is 11.8 Å². The van der Waals surface area contributed by atoms with Crippen molar-refractivity contribution in [3.63, 3.8) is 0 Å². The molecule has 2 unspecified atom stereocenters. The maximum atomic E-state index is 13.0. The van der Waals surface area contributed by atoms with Gasteiger partial charge in [0, 0.05) is 12.2 Å². The third-order valence-corrected chi connectivity index (χ3v) is 8.64. The van der Waals surface area contributed by atoms with Crippen molar-refractivity contribution in [2.75, 3.05) is 24.2 Å². The molecule has 0 aliphatic carbocycles. The van der Waals surface area contributed by atoms with Crippen LogP contribution < -0.4 is 16.0 Å². The number of thioether (sulfide) groups is 1. The first-order chi connectivity index (χ1) is 16.9. The summed E-state index contributed by atoms with van der Waals surface area (Å²) in [5, 5.41) is 7.06. The summed E-state index contributed by atoms with van der Waals surface area (Å²) in [6.07, 6.45) is 0. The number of ether oxygens (including phenoxy) is 1. The summed E-state index contributed by atoms with van der Waals surface area (Å²) in [4.78, 5) is 36.7. The van der Waals surface area contributed by atoms with Crippen molar-refractivity contribution in [1.29, 1.82) is 0 Å². The molecule has 1 heterocycles. The van der Waals surface area contributed by atoms with E-state index in [0.717, 1.165) is 17.3 Å². The summed E-state index contributed by atoms with van der Waals surface area (Å²) < 4.78 is 31.0. The second-order valence-electron chi connectivity index (χ2n) is 9.26. The zero-order valence-corrected chi connectivity index (χ0v) is 22.3. The summed E-state index contributed by atoms with van der Waals surface area (Å²) in [5.74, 6) is -1.34. The predicted octanol–water partition coefficient (Wildman–Crippen LogP) is 2.68. The standard InChI is InChI=1S/C25H31N3O6S2/c1-5-34-23(31)16-6-10-18(11-7-16)27-21(29)15-35-24-26-14-20(22(30)28-24)36(32,33)19-12-8-17(9-13-19)25(2,3)4/h6-13,20,24,26H,5,14-15H2,1-4H3,(H,27,29)(H,28,30). The fraction of sp³-hybridized carbons (Fsp3) is 0.400. The highest BCUT2D eigenvalue weighted by Crippen LogP contribution is 2.25. The van der Waals surface area contributed by atoms with E-state index in [0.29, 0.717) is 11.3 Å². The van der Waals surface area contributed by atoms with Crippen molar-refractivity contribution in [2.24, 2.45) is 0 Å². The van der Waals surface area contributed by atoms with Crippen LogP contribution in [0.1, 0.15) is 43.6 Å². The molecule has 3 rings (SSSR count). The zero-order chi connectivity index (χ0) is 26.5. The number of anilines is 1. The van der Waals surface area contributed by atoms with Crippen LogP contribution in [0.4, 0.5) is 5.69 Å². The van der Waals surface area contributed by atoms with Gasteiger partial charge in [0.15, 0.2) is 15.1 Å². The SMILES string of the molecule is CCOC(=O)c1ccc(NC(=O)CSC2NCC(S(=O)(=O)c3ccc(C(C)(C)C)cc3)C(=O)N2)cc1. The Labute approximate surface area is 215 Å². The molecule has 2 amide bonds. The molecule has 0 spiro atoms. The first-order valence-corrected chi connectivity index (χ1v) is 14.1. The Hall–Kier alpha value is -2.89. The smallest absolute Gasteiger partial charge is 0.338 e. The predicted molar refractivity (Wildman–Crippen MR) is 140 cm³/mol. The normalized spacial score (nSPS) is 18.3. The van der Waals surface area contributed by atoms with E-state index in [4.69, 9.17) is 4.74 Å². The molecular formula is C25H31N3O6S2. The second kappa shape index (κ2) is 11.4. The van der Waals surface area contributed by atoms with Crippen molar-refractivity contribution in [3.05, 3.63) is 59.7 Å². The number of rotatable bonds is 8. The van der Waals surface area contributed by atoms with Crippen LogP contribution >= 0.6 is 11.8 Å². The Morgan fingerprint density at radius 2 is 1.72 bits per heavy atom. The van der Waals surface area contributed by atoms with E-state index in [9.17, 15) is 22.8 Å². The molecule has 0 radical (unpaired) electrons. The molecule has 1 saturated heterocycles. The summed E-state index contributed by atoms with van der Waals surface area (Å²) in [5.41, 5.74) is 1.17. The first kappa shape index (κ1) is 27.7. The van der Waals surface area contributed by atoms with E-state index in [2.05, 4.69) is 16.0 Å². The summed E-state index contributed by atoms with van der Waals surface area (Å²) >= 11 is 1.13. The molecular weight excluding hydrogens is 502 g/mol. The zero-order valence-electron chi connectivity index (χ0n) is 20.7. The Morgan fingerprint density at radius 3 is 2.28 bits per heavy atom. The molecule has 36 heavy (non-hydrogen) atoms. The van der Waals surface area contributed by atoms with E-state index in [1.807, 2.05) is 20.8 Å². The maximum absolute atomic E-state index is 13.0. The number of hydrogen-bond donors (Lipinski definition) is 3. The Bertz CT molecular complexity index is 1210. The lowest BCUT2D eigenvalue weighted by Gasteiger charge is -2.29. The van der Waals surface area contributed by atoms with Crippen LogP contribution in [0.5, 0.6) is 0 Å². The van der Waals surface area contributed by atoms with Crippen molar-refractivity contribution in [1.82, 2.24) is 10.6 Å². The highest BCUT2D eigenvalue weighted by atomic mass is 32.2. The van der Waals surface area contributed by atoms with E-state index in [-0.39, 0.29) is 35.1 Å². The first-order valence-electron chi connectivity index (χ1n) is 11.5. The van der Waals surface area contributed by atoms with Crippen LogP contribution in [-0.2, 0) is 29.6 Å². The fourth-order valence-electron chi connectivity index (χ4n) is 3.50. The van der Waals surface area contributed by atoms with Crippen molar-refractivity contribution >= 4 is 45.1 Å². The lowest BCUT2D eigenvalue weighted by atomic mass is 9.87. The molecule has 0 aromatic heterocycles. The van der Waals surface area contributed by atoms with Gasteiger partial charge in [-0.1, -0.05) is 32.9 Å². The van der Waals surface area contributed by atoms with Crippen LogP contribution in [0.3, 0.4) is 0 Å². The van der Waals surface area contributed by atoms with E-state index in [1.165, 1.54) is 12.1 Å². The van der Waals surface area contributed by atoms with Crippen LogP contribution in [0.2, 0.25) is 0 Å². The minimum absolute atomic E-state index is 0.0171. The number of carbonyl (C=O) groups is 3. The third kappa shape index (κ3) is 6.86. The van der Waals surface area contributed by atoms with Gasteiger partial charge < -0.3 is 15.4 Å². The molecule has 1 fully saturated rings. The molecule has 2 aromatic rings. The Balaban J connectivity index is 1.51. The van der Waals surface area contributed by atoms with Gasteiger partial charge >= 0.3 is 5.97 Å². The lowest BCUT2D eigenvalue weighted by Crippen LogP contribution is -2.59. The average molecular weight is 534 g/mol. The summed E-state index contributed by atoms with van der Waals surface area (Å²) in [6, 6.07) is 12.9. The van der Waals surface area contributed by atoms with Crippen LogP contribution in [-0.4, -0.2) is 55.9 Å². The van der Waals surface area contributed by atoms with Gasteiger partial charge in [-0.05, 0) is 54.3 Å². The number of sulfone groups is 1. The average Bonchev–Trinajstić information content (AvgIpc) is 2.83.